The number of carboxylic acid groups (broad SMARTS) is 1. The topological polar surface area (TPSA) is 84.9 Å². The Morgan fingerprint density at radius 2 is 2.12 bits per heavy atom. The van der Waals surface area contributed by atoms with Gasteiger partial charge in [-0.1, -0.05) is 19.9 Å². The molecule has 6 nitrogen and oxygen atoms in total. The summed E-state index contributed by atoms with van der Waals surface area (Å²) in [6.07, 6.45) is 3.08. The van der Waals surface area contributed by atoms with Crippen molar-refractivity contribution in [2.45, 2.75) is 45.6 Å². The van der Waals surface area contributed by atoms with Crippen LogP contribution in [-0.4, -0.2) is 42.8 Å². The maximum Gasteiger partial charge on any atom is 0.311 e. The Morgan fingerprint density at radius 3 is 2.72 bits per heavy atom. The number of benzene rings is 1. The fourth-order valence-electron chi connectivity index (χ4n) is 2.92. The minimum Gasteiger partial charge on any atom is -0.491 e. The van der Waals surface area contributed by atoms with E-state index in [0.717, 1.165) is 19.4 Å². The molecule has 1 heterocycles. The van der Waals surface area contributed by atoms with Crippen molar-refractivity contribution < 1.29 is 24.2 Å². The van der Waals surface area contributed by atoms with E-state index in [-0.39, 0.29) is 18.6 Å². The van der Waals surface area contributed by atoms with Crippen LogP contribution in [0.4, 0.5) is 0 Å². The first-order valence-electron chi connectivity index (χ1n) is 8.87. The van der Waals surface area contributed by atoms with Crippen LogP contribution in [0.15, 0.2) is 24.3 Å². The zero-order chi connectivity index (χ0) is 18.3. The summed E-state index contributed by atoms with van der Waals surface area (Å²) >= 11 is 0. The molecule has 1 saturated heterocycles. The van der Waals surface area contributed by atoms with Gasteiger partial charge in [-0.3, -0.25) is 9.59 Å². The van der Waals surface area contributed by atoms with Crippen LogP contribution in [-0.2, 0) is 9.53 Å². The van der Waals surface area contributed by atoms with Crippen molar-refractivity contribution in [3.8, 4) is 5.75 Å². The molecule has 1 unspecified atom stereocenters. The van der Waals surface area contributed by atoms with Gasteiger partial charge in [0.05, 0.1) is 11.5 Å². The molecular formula is C19H27NO5. The van der Waals surface area contributed by atoms with Crippen LogP contribution in [0.3, 0.4) is 0 Å². The third kappa shape index (κ3) is 4.95. The molecule has 2 N–H and O–H groups in total. The molecule has 1 aliphatic heterocycles. The quantitative estimate of drug-likeness (QED) is 0.716. The number of hydrogen-bond donors (Lipinski definition) is 2. The Morgan fingerprint density at radius 1 is 1.36 bits per heavy atom. The van der Waals surface area contributed by atoms with E-state index in [2.05, 4.69) is 5.32 Å². The summed E-state index contributed by atoms with van der Waals surface area (Å²) in [6, 6.07) is 6.91. The lowest BCUT2D eigenvalue weighted by Gasteiger charge is -2.26. The minimum atomic E-state index is -0.927. The Labute approximate surface area is 148 Å². The summed E-state index contributed by atoms with van der Waals surface area (Å²) in [4.78, 5) is 23.9. The first-order valence-corrected chi connectivity index (χ1v) is 8.87. The third-order valence-electron chi connectivity index (χ3n) is 4.95. The predicted molar refractivity (Wildman–Crippen MR) is 93.9 cm³/mol. The molecule has 0 aliphatic carbocycles. The number of amides is 1. The molecule has 2 rings (SSSR count). The zero-order valence-corrected chi connectivity index (χ0v) is 14.9. The van der Waals surface area contributed by atoms with Crippen LogP contribution in [0.2, 0.25) is 0 Å². The minimum absolute atomic E-state index is 0.106. The summed E-state index contributed by atoms with van der Waals surface area (Å²) in [5.41, 5.74) is -0.472. The molecule has 0 saturated carbocycles. The molecule has 1 fully saturated rings. The van der Waals surface area contributed by atoms with Gasteiger partial charge in [0.15, 0.2) is 0 Å². The van der Waals surface area contributed by atoms with Crippen LogP contribution in [0, 0.1) is 5.41 Å². The maximum atomic E-state index is 12.4. The van der Waals surface area contributed by atoms with E-state index < -0.39 is 11.4 Å². The van der Waals surface area contributed by atoms with Gasteiger partial charge in [0.25, 0.3) is 5.91 Å². The summed E-state index contributed by atoms with van der Waals surface area (Å²) < 4.78 is 11.2. The average Bonchev–Trinajstić information content (AvgIpc) is 3.14. The van der Waals surface area contributed by atoms with Crippen molar-refractivity contribution in [1.82, 2.24) is 5.32 Å². The second kappa shape index (κ2) is 8.85. The average molecular weight is 349 g/mol. The summed E-state index contributed by atoms with van der Waals surface area (Å²) in [7, 11) is 0. The van der Waals surface area contributed by atoms with E-state index in [9.17, 15) is 14.7 Å². The van der Waals surface area contributed by atoms with E-state index in [1.165, 1.54) is 0 Å². The van der Waals surface area contributed by atoms with Gasteiger partial charge in [-0.2, -0.15) is 0 Å². The Kier molecular flexibility index (Phi) is 6.82. The van der Waals surface area contributed by atoms with Gasteiger partial charge in [-0.15, -0.1) is 0 Å². The number of carbonyl (C=O) groups is 2. The van der Waals surface area contributed by atoms with Crippen molar-refractivity contribution >= 4 is 11.9 Å². The van der Waals surface area contributed by atoms with Crippen molar-refractivity contribution in [2.24, 2.45) is 5.41 Å². The van der Waals surface area contributed by atoms with Gasteiger partial charge in [-0.25, -0.2) is 0 Å². The monoisotopic (exact) mass is 349 g/mol. The molecule has 6 heteroatoms. The van der Waals surface area contributed by atoms with Crippen LogP contribution >= 0.6 is 0 Å². The number of ether oxygens (including phenoxy) is 2. The summed E-state index contributed by atoms with van der Waals surface area (Å²) in [6.45, 7) is 5.00. The van der Waals surface area contributed by atoms with Crippen LogP contribution in [0.1, 0.15) is 49.9 Å². The van der Waals surface area contributed by atoms with Gasteiger partial charge < -0.3 is 19.9 Å². The highest BCUT2D eigenvalue weighted by Crippen LogP contribution is 2.26. The fraction of sp³-hybridized carbons (Fsp3) is 0.579. The van der Waals surface area contributed by atoms with Gasteiger partial charge in [-0.05, 0) is 43.9 Å². The van der Waals surface area contributed by atoms with E-state index in [1.54, 1.807) is 24.3 Å². The molecular weight excluding hydrogens is 322 g/mol. The number of nitrogens with one attached hydrogen (secondary N) is 1. The van der Waals surface area contributed by atoms with E-state index in [1.807, 2.05) is 13.8 Å². The lowest BCUT2D eigenvalue weighted by Crippen LogP contribution is -2.42. The molecule has 1 atom stereocenters. The number of hydrogen-bond acceptors (Lipinski definition) is 4. The van der Waals surface area contributed by atoms with Gasteiger partial charge in [0.2, 0.25) is 0 Å². The maximum absolute atomic E-state index is 12.4. The number of rotatable bonds is 9. The van der Waals surface area contributed by atoms with Gasteiger partial charge in [0, 0.05) is 18.7 Å². The molecule has 25 heavy (non-hydrogen) atoms. The highest BCUT2D eigenvalue weighted by atomic mass is 16.5. The van der Waals surface area contributed by atoms with E-state index in [0.29, 0.717) is 30.8 Å². The molecule has 1 aromatic carbocycles. The highest BCUT2D eigenvalue weighted by molar-refractivity contribution is 5.94. The lowest BCUT2D eigenvalue weighted by atomic mass is 9.82. The first-order chi connectivity index (χ1) is 12.0. The number of carbonyl (C=O) groups excluding carboxylic acids is 1. The van der Waals surface area contributed by atoms with Gasteiger partial charge >= 0.3 is 5.97 Å². The molecule has 0 spiro atoms. The van der Waals surface area contributed by atoms with Crippen LogP contribution in [0.5, 0.6) is 5.75 Å². The molecule has 0 aromatic heterocycles. The van der Waals surface area contributed by atoms with Crippen LogP contribution in [0.25, 0.3) is 0 Å². The van der Waals surface area contributed by atoms with Crippen LogP contribution < -0.4 is 10.1 Å². The normalized spacial score (nSPS) is 17.3. The number of carboxylic acids is 1. The molecule has 138 valence electrons. The van der Waals surface area contributed by atoms with Crippen molar-refractivity contribution in [3.63, 3.8) is 0 Å². The van der Waals surface area contributed by atoms with E-state index >= 15 is 0 Å². The SMILES string of the molecule is CCC(CC)(CNC(=O)c1cccc(OCC2CCCO2)c1)C(=O)O. The standard InChI is InChI=1S/C19H27NO5/c1-3-19(4-2,18(22)23)13-20-17(21)14-7-5-8-15(11-14)25-12-16-9-6-10-24-16/h5,7-8,11,16H,3-4,6,9-10,12-13H2,1-2H3,(H,20,21)(H,22,23). The molecule has 1 amide bonds. The fourth-order valence-corrected chi connectivity index (χ4v) is 2.92. The molecule has 1 aromatic rings. The molecule has 0 radical (unpaired) electrons. The second-order valence-electron chi connectivity index (χ2n) is 6.45. The number of aliphatic carboxylic acids is 1. The Balaban J connectivity index is 1.94. The predicted octanol–water partition coefficient (Wildman–Crippen LogP) is 2.87. The summed E-state index contributed by atoms with van der Waals surface area (Å²) in [5.74, 6) is -0.569. The second-order valence-corrected chi connectivity index (χ2v) is 6.45. The van der Waals surface area contributed by atoms with E-state index in [4.69, 9.17) is 9.47 Å². The zero-order valence-electron chi connectivity index (χ0n) is 14.9. The summed E-state index contributed by atoms with van der Waals surface area (Å²) in [5, 5.41) is 12.2. The Hall–Kier alpha value is -2.08. The van der Waals surface area contributed by atoms with Crippen molar-refractivity contribution in [3.05, 3.63) is 29.8 Å². The lowest BCUT2D eigenvalue weighted by molar-refractivity contribution is -0.149. The highest BCUT2D eigenvalue weighted by Gasteiger charge is 2.35. The largest absolute Gasteiger partial charge is 0.491 e. The third-order valence-corrected chi connectivity index (χ3v) is 4.95. The van der Waals surface area contributed by atoms with Gasteiger partial charge in [0.1, 0.15) is 12.4 Å². The van der Waals surface area contributed by atoms with Crippen molar-refractivity contribution in [1.29, 1.82) is 0 Å². The first kappa shape index (κ1) is 19.2. The molecule has 0 bridgehead atoms. The Bertz CT molecular complexity index is 591. The molecule has 1 aliphatic rings. The smallest absolute Gasteiger partial charge is 0.311 e. The van der Waals surface area contributed by atoms with Crippen molar-refractivity contribution in [2.75, 3.05) is 19.8 Å².